The molecule has 2 fully saturated rings. The summed E-state index contributed by atoms with van der Waals surface area (Å²) in [5.74, 6) is 0.147. The highest BCUT2D eigenvalue weighted by Gasteiger charge is 2.57. The van der Waals surface area contributed by atoms with Gasteiger partial charge >= 0.3 is 0 Å². The first-order valence-electron chi connectivity index (χ1n) is 5.27. The quantitative estimate of drug-likeness (QED) is 0.698. The lowest BCUT2D eigenvalue weighted by Gasteiger charge is -2.45. The molecule has 1 spiro atoms. The highest BCUT2D eigenvalue weighted by Crippen LogP contribution is 2.47. The zero-order valence-corrected chi connectivity index (χ0v) is 8.40. The Balaban J connectivity index is 1.93. The van der Waals surface area contributed by atoms with Crippen molar-refractivity contribution in [2.75, 3.05) is 13.2 Å². The van der Waals surface area contributed by atoms with Gasteiger partial charge in [0, 0.05) is 6.61 Å². The summed E-state index contributed by atoms with van der Waals surface area (Å²) in [6.07, 6.45) is 0.846. The fourth-order valence-electron chi connectivity index (χ4n) is 2.50. The van der Waals surface area contributed by atoms with Gasteiger partial charge in [-0.2, -0.15) is 0 Å². The third-order valence-electron chi connectivity index (χ3n) is 3.47. The minimum absolute atomic E-state index is 0.147. The predicted octanol–water partition coefficient (Wildman–Crippen LogP) is 1.26. The molecule has 3 heteroatoms. The summed E-state index contributed by atoms with van der Waals surface area (Å²) in [6.45, 7) is 1.27. The van der Waals surface area contributed by atoms with Gasteiger partial charge in [0.05, 0.1) is 18.1 Å². The molecule has 0 bridgehead atoms. The number of β-lactam (4-membered cyclic amide) rings is 1. The molecule has 1 amide bonds. The standard InChI is InChI=1S/C12H13NO2/c14-11-12(6-7-15-8-12)10(13-11)9-4-2-1-3-5-9/h1-5,10H,6-8H2,(H,13,14)/t10-,12+/m1/s1. The first kappa shape index (κ1) is 8.92. The van der Waals surface area contributed by atoms with Crippen LogP contribution in [-0.4, -0.2) is 19.1 Å². The van der Waals surface area contributed by atoms with Gasteiger partial charge < -0.3 is 10.1 Å². The summed E-state index contributed by atoms with van der Waals surface area (Å²) in [6, 6.07) is 10.3. The third kappa shape index (κ3) is 1.13. The average molecular weight is 203 g/mol. The largest absolute Gasteiger partial charge is 0.380 e. The normalized spacial score (nSPS) is 33.9. The van der Waals surface area contributed by atoms with Crippen LogP contribution in [0.1, 0.15) is 18.0 Å². The van der Waals surface area contributed by atoms with Crippen LogP contribution in [0.5, 0.6) is 0 Å². The monoisotopic (exact) mass is 203 g/mol. The Bertz CT molecular complexity index is 382. The van der Waals surface area contributed by atoms with E-state index in [0.717, 1.165) is 6.42 Å². The second-order valence-electron chi connectivity index (χ2n) is 4.28. The zero-order chi connectivity index (χ0) is 10.3. The molecule has 3 rings (SSSR count). The van der Waals surface area contributed by atoms with E-state index in [1.54, 1.807) is 0 Å². The van der Waals surface area contributed by atoms with Crippen molar-refractivity contribution in [1.29, 1.82) is 0 Å². The van der Waals surface area contributed by atoms with Crippen molar-refractivity contribution in [3.05, 3.63) is 35.9 Å². The molecule has 2 aliphatic heterocycles. The van der Waals surface area contributed by atoms with Gasteiger partial charge in [-0.1, -0.05) is 30.3 Å². The number of hydrogen-bond donors (Lipinski definition) is 1. The molecule has 1 aromatic carbocycles. The topological polar surface area (TPSA) is 38.3 Å². The molecule has 0 radical (unpaired) electrons. The van der Waals surface area contributed by atoms with Gasteiger partial charge in [0.25, 0.3) is 0 Å². The van der Waals surface area contributed by atoms with Crippen LogP contribution in [0.3, 0.4) is 0 Å². The first-order chi connectivity index (χ1) is 7.33. The molecular formula is C12H13NO2. The van der Waals surface area contributed by atoms with E-state index in [2.05, 4.69) is 17.4 Å². The Morgan fingerprint density at radius 2 is 2.13 bits per heavy atom. The van der Waals surface area contributed by atoms with Crippen LogP contribution < -0.4 is 5.32 Å². The number of nitrogens with one attached hydrogen (secondary N) is 1. The van der Waals surface area contributed by atoms with E-state index in [1.165, 1.54) is 5.56 Å². The van der Waals surface area contributed by atoms with Gasteiger partial charge in [0.2, 0.25) is 5.91 Å². The van der Waals surface area contributed by atoms with E-state index in [0.29, 0.717) is 13.2 Å². The molecule has 0 aliphatic carbocycles. The number of benzene rings is 1. The summed E-state index contributed by atoms with van der Waals surface area (Å²) < 4.78 is 5.36. The van der Waals surface area contributed by atoms with Crippen molar-refractivity contribution in [1.82, 2.24) is 5.32 Å². The van der Waals surface area contributed by atoms with E-state index < -0.39 is 0 Å². The first-order valence-corrected chi connectivity index (χ1v) is 5.27. The highest BCUT2D eigenvalue weighted by molar-refractivity contribution is 5.91. The number of ether oxygens (including phenoxy) is 1. The van der Waals surface area contributed by atoms with Crippen molar-refractivity contribution < 1.29 is 9.53 Å². The third-order valence-corrected chi connectivity index (χ3v) is 3.47. The molecule has 1 aromatic rings. The van der Waals surface area contributed by atoms with Gasteiger partial charge in [-0.3, -0.25) is 4.79 Å². The number of amides is 1. The van der Waals surface area contributed by atoms with Gasteiger partial charge in [-0.25, -0.2) is 0 Å². The van der Waals surface area contributed by atoms with Gasteiger partial charge in [-0.15, -0.1) is 0 Å². The fourth-order valence-corrected chi connectivity index (χ4v) is 2.50. The van der Waals surface area contributed by atoms with Crippen LogP contribution in [0.4, 0.5) is 0 Å². The molecule has 78 valence electrons. The number of carbonyl (C=O) groups is 1. The van der Waals surface area contributed by atoms with Crippen LogP contribution in [0.15, 0.2) is 30.3 Å². The smallest absolute Gasteiger partial charge is 0.231 e. The summed E-state index contributed by atoms with van der Waals surface area (Å²) in [4.78, 5) is 11.6. The Labute approximate surface area is 88.4 Å². The molecule has 15 heavy (non-hydrogen) atoms. The van der Waals surface area contributed by atoms with Crippen LogP contribution in [-0.2, 0) is 9.53 Å². The number of carbonyl (C=O) groups excluding carboxylic acids is 1. The van der Waals surface area contributed by atoms with Crippen LogP contribution in [0.2, 0.25) is 0 Å². The lowest BCUT2D eigenvalue weighted by molar-refractivity contribution is -0.146. The van der Waals surface area contributed by atoms with Crippen molar-refractivity contribution >= 4 is 5.91 Å². The molecule has 1 N–H and O–H groups in total. The molecule has 0 unspecified atom stereocenters. The maximum absolute atomic E-state index is 11.6. The van der Waals surface area contributed by atoms with Crippen LogP contribution in [0.25, 0.3) is 0 Å². The van der Waals surface area contributed by atoms with E-state index in [9.17, 15) is 4.79 Å². The van der Waals surface area contributed by atoms with Crippen molar-refractivity contribution in [2.24, 2.45) is 5.41 Å². The minimum Gasteiger partial charge on any atom is -0.380 e. The van der Waals surface area contributed by atoms with Crippen molar-refractivity contribution in [3.8, 4) is 0 Å². The van der Waals surface area contributed by atoms with E-state index in [-0.39, 0.29) is 17.4 Å². The van der Waals surface area contributed by atoms with E-state index in [4.69, 9.17) is 4.74 Å². The van der Waals surface area contributed by atoms with Gasteiger partial charge in [0.1, 0.15) is 0 Å². The summed E-state index contributed by atoms with van der Waals surface area (Å²) in [5.41, 5.74) is 0.907. The maximum atomic E-state index is 11.6. The molecule has 0 aromatic heterocycles. The molecule has 2 atom stereocenters. The Morgan fingerprint density at radius 3 is 2.73 bits per heavy atom. The van der Waals surface area contributed by atoms with E-state index in [1.807, 2.05) is 18.2 Å². The molecule has 2 saturated heterocycles. The minimum atomic E-state index is -0.276. The van der Waals surface area contributed by atoms with Crippen LogP contribution >= 0.6 is 0 Å². The molecule has 3 nitrogen and oxygen atoms in total. The van der Waals surface area contributed by atoms with Gasteiger partial charge in [-0.05, 0) is 12.0 Å². The Hall–Kier alpha value is -1.35. The zero-order valence-electron chi connectivity index (χ0n) is 8.40. The number of rotatable bonds is 1. The Kier molecular flexibility index (Phi) is 1.83. The SMILES string of the molecule is O=C1N[C@H](c2ccccc2)[C@@]12CCOC2. The van der Waals surface area contributed by atoms with Crippen LogP contribution in [0, 0.1) is 5.41 Å². The average Bonchev–Trinajstić information content (AvgIpc) is 2.79. The summed E-state index contributed by atoms with van der Waals surface area (Å²) in [5, 5.41) is 2.97. The fraction of sp³-hybridized carbons (Fsp3) is 0.417. The van der Waals surface area contributed by atoms with E-state index >= 15 is 0 Å². The molecule has 0 saturated carbocycles. The Morgan fingerprint density at radius 1 is 1.33 bits per heavy atom. The van der Waals surface area contributed by atoms with Gasteiger partial charge in [0.15, 0.2) is 0 Å². The maximum Gasteiger partial charge on any atom is 0.231 e. The molecule has 2 aliphatic rings. The second kappa shape index (κ2) is 3.07. The van der Waals surface area contributed by atoms with Crippen molar-refractivity contribution in [2.45, 2.75) is 12.5 Å². The molecule has 2 heterocycles. The number of hydrogen-bond acceptors (Lipinski definition) is 2. The predicted molar refractivity (Wildman–Crippen MR) is 55.2 cm³/mol. The lowest BCUT2D eigenvalue weighted by atomic mass is 9.69. The second-order valence-corrected chi connectivity index (χ2v) is 4.28. The van der Waals surface area contributed by atoms with Crippen molar-refractivity contribution in [3.63, 3.8) is 0 Å². The highest BCUT2D eigenvalue weighted by atomic mass is 16.5. The summed E-state index contributed by atoms with van der Waals surface area (Å²) in [7, 11) is 0. The molecular weight excluding hydrogens is 190 g/mol. The lowest BCUT2D eigenvalue weighted by Crippen LogP contribution is -2.61. The summed E-state index contributed by atoms with van der Waals surface area (Å²) >= 11 is 0.